The van der Waals surface area contributed by atoms with E-state index in [-0.39, 0.29) is 11.5 Å². The highest BCUT2D eigenvalue weighted by Gasteiger charge is 2.15. The van der Waals surface area contributed by atoms with Crippen molar-refractivity contribution in [3.05, 3.63) is 52.5 Å². The molecule has 0 amide bonds. The Morgan fingerprint density at radius 2 is 2.24 bits per heavy atom. The summed E-state index contributed by atoms with van der Waals surface area (Å²) in [5.74, 6) is 0.244. The number of aromatic nitrogens is 2. The van der Waals surface area contributed by atoms with Gasteiger partial charge in [-0.2, -0.15) is 0 Å². The van der Waals surface area contributed by atoms with E-state index in [0.29, 0.717) is 11.3 Å². The second-order valence-corrected chi connectivity index (χ2v) is 4.19. The minimum Gasteiger partial charge on any atom is -0.494 e. The number of pyridine rings is 2. The first-order valence-corrected chi connectivity index (χ1v) is 5.66. The normalized spacial score (nSPS) is 10.0. The fourth-order valence-electron chi connectivity index (χ4n) is 1.40. The van der Waals surface area contributed by atoms with Crippen LogP contribution in [0.1, 0.15) is 16.1 Å². The highest BCUT2D eigenvalue weighted by atomic mass is 79.9. The number of hydrogen-bond acceptors (Lipinski definition) is 4. The molecule has 5 heteroatoms. The predicted molar refractivity (Wildman–Crippen MR) is 66.2 cm³/mol. The maximum Gasteiger partial charge on any atom is 0.216 e. The van der Waals surface area contributed by atoms with E-state index in [0.717, 1.165) is 4.47 Å². The zero-order chi connectivity index (χ0) is 12.3. The first kappa shape index (κ1) is 11.7. The molecule has 0 spiro atoms. The molecule has 0 aliphatic carbocycles. The summed E-state index contributed by atoms with van der Waals surface area (Å²) in [5, 5.41) is 0. The van der Waals surface area contributed by atoms with E-state index in [2.05, 4.69) is 25.9 Å². The van der Waals surface area contributed by atoms with Crippen molar-refractivity contribution < 1.29 is 9.53 Å². The van der Waals surface area contributed by atoms with E-state index in [1.54, 1.807) is 30.6 Å². The van der Waals surface area contributed by atoms with Crippen molar-refractivity contribution in [1.29, 1.82) is 0 Å². The van der Waals surface area contributed by atoms with Gasteiger partial charge in [0, 0.05) is 28.6 Å². The van der Waals surface area contributed by atoms with E-state index < -0.39 is 0 Å². The summed E-state index contributed by atoms with van der Waals surface area (Å²) in [6.07, 6.45) is 4.68. The summed E-state index contributed by atoms with van der Waals surface area (Å²) in [4.78, 5) is 20.2. The molecular weight excluding hydrogens is 284 g/mol. The first-order chi connectivity index (χ1) is 8.22. The Bertz CT molecular complexity index is 558. The van der Waals surface area contributed by atoms with E-state index in [4.69, 9.17) is 4.74 Å². The van der Waals surface area contributed by atoms with Crippen LogP contribution in [0, 0.1) is 0 Å². The fraction of sp³-hybridized carbons (Fsp3) is 0.0833. The Labute approximate surface area is 107 Å². The molecule has 0 N–H and O–H groups in total. The van der Waals surface area contributed by atoms with Crippen LogP contribution in [-0.2, 0) is 0 Å². The van der Waals surface area contributed by atoms with Crippen molar-refractivity contribution >= 4 is 21.7 Å². The second kappa shape index (κ2) is 5.05. The Kier molecular flexibility index (Phi) is 3.49. The molecule has 0 saturated heterocycles. The van der Waals surface area contributed by atoms with Crippen molar-refractivity contribution in [1.82, 2.24) is 9.97 Å². The molecule has 0 unspecified atom stereocenters. The molecule has 2 heterocycles. The zero-order valence-corrected chi connectivity index (χ0v) is 10.6. The van der Waals surface area contributed by atoms with E-state index in [1.807, 2.05) is 0 Å². The summed E-state index contributed by atoms with van der Waals surface area (Å²) in [6.45, 7) is 0. The molecule has 2 rings (SSSR count). The quantitative estimate of drug-likeness (QED) is 0.816. The molecule has 2 aromatic rings. The van der Waals surface area contributed by atoms with Crippen LogP contribution in [0.3, 0.4) is 0 Å². The van der Waals surface area contributed by atoms with E-state index >= 15 is 0 Å². The zero-order valence-electron chi connectivity index (χ0n) is 9.05. The third kappa shape index (κ3) is 2.50. The Morgan fingerprint density at radius 1 is 1.41 bits per heavy atom. The van der Waals surface area contributed by atoms with Crippen LogP contribution < -0.4 is 4.74 Å². The van der Waals surface area contributed by atoms with Gasteiger partial charge in [0.05, 0.1) is 7.11 Å². The maximum atomic E-state index is 12.2. The molecule has 0 bridgehead atoms. The molecule has 4 nitrogen and oxygen atoms in total. The lowest BCUT2D eigenvalue weighted by Gasteiger charge is -2.05. The number of methoxy groups -OCH3 is 1. The van der Waals surface area contributed by atoms with Gasteiger partial charge in [0.15, 0.2) is 5.69 Å². The Hall–Kier alpha value is -1.75. The molecule has 0 fully saturated rings. The van der Waals surface area contributed by atoms with Crippen LogP contribution in [0.25, 0.3) is 0 Å². The van der Waals surface area contributed by atoms with Crippen LogP contribution >= 0.6 is 15.9 Å². The van der Waals surface area contributed by atoms with Crippen molar-refractivity contribution in [3.8, 4) is 5.75 Å². The minimum atomic E-state index is -0.212. The monoisotopic (exact) mass is 292 g/mol. The van der Waals surface area contributed by atoms with Gasteiger partial charge in [-0.05, 0) is 34.1 Å². The number of carbonyl (C=O) groups is 1. The van der Waals surface area contributed by atoms with Gasteiger partial charge in [0.1, 0.15) is 5.75 Å². The van der Waals surface area contributed by atoms with Crippen molar-refractivity contribution in [2.45, 2.75) is 0 Å². The average Bonchev–Trinajstić information content (AvgIpc) is 2.38. The summed E-state index contributed by atoms with van der Waals surface area (Å²) >= 11 is 3.27. The van der Waals surface area contributed by atoms with Crippen LogP contribution in [0.5, 0.6) is 5.75 Å². The van der Waals surface area contributed by atoms with Gasteiger partial charge < -0.3 is 4.74 Å². The number of halogens is 1. The largest absolute Gasteiger partial charge is 0.494 e. The van der Waals surface area contributed by atoms with Crippen LogP contribution in [0.2, 0.25) is 0 Å². The standard InChI is InChI=1S/C12H9BrN2O2/c1-17-10-3-2-4-15-11(10)12(16)8-5-9(13)7-14-6-8/h2-7H,1H3. The molecule has 2 aromatic heterocycles. The number of ether oxygens (including phenoxy) is 1. The third-order valence-corrected chi connectivity index (χ3v) is 2.61. The average molecular weight is 293 g/mol. The van der Waals surface area contributed by atoms with Gasteiger partial charge in [-0.25, -0.2) is 4.98 Å². The molecular formula is C12H9BrN2O2. The molecule has 0 radical (unpaired) electrons. The molecule has 0 atom stereocenters. The van der Waals surface area contributed by atoms with Gasteiger partial charge in [-0.3, -0.25) is 9.78 Å². The highest BCUT2D eigenvalue weighted by molar-refractivity contribution is 9.10. The van der Waals surface area contributed by atoms with Crippen molar-refractivity contribution in [2.75, 3.05) is 7.11 Å². The Morgan fingerprint density at radius 3 is 2.94 bits per heavy atom. The SMILES string of the molecule is COc1cccnc1C(=O)c1cncc(Br)c1. The Balaban J connectivity index is 2.44. The summed E-state index contributed by atoms with van der Waals surface area (Å²) in [5.41, 5.74) is 0.756. The van der Waals surface area contributed by atoms with Gasteiger partial charge in [-0.1, -0.05) is 0 Å². The highest BCUT2D eigenvalue weighted by Crippen LogP contribution is 2.19. The predicted octanol–water partition coefficient (Wildman–Crippen LogP) is 2.48. The van der Waals surface area contributed by atoms with Gasteiger partial charge in [-0.15, -0.1) is 0 Å². The number of carbonyl (C=O) groups excluding carboxylic acids is 1. The number of rotatable bonds is 3. The molecule has 86 valence electrons. The summed E-state index contributed by atoms with van der Waals surface area (Å²) in [7, 11) is 1.51. The number of nitrogens with zero attached hydrogens (tertiary/aromatic N) is 2. The summed E-state index contributed by atoms with van der Waals surface area (Å²) < 4.78 is 5.85. The topological polar surface area (TPSA) is 52.1 Å². The maximum absolute atomic E-state index is 12.2. The van der Waals surface area contributed by atoms with Gasteiger partial charge in [0.25, 0.3) is 0 Å². The van der Waals surface area contributed by atoms with Crippen molar-refractivity contribution in [2.24, 2.45) is 0 Å². The summed E-state index contributed by atoms with van der Waals surface area (Å²) in [6, 6.07) is 5.11. The molecule has 0 aromatic carbocycles. The lowest BCUT2D eigenvalue weighted by Crippen LogP contribution is -2.06. The molecule has 0 aliphatic rings. The number of ketones is 1. The van der Waals surface area contributed by atoms with Crippen LogP contribution in [0.4, 0.5) is 0 Å². The van der Waals surface area contributed by atoms with E-state index in [1.165, 1.54) is 13.3 Å². The molecule has 17 heavy (non-hydrogen) atoms. The number of hydrogen-bond donors (Lipinski definition) is 0. The lowest BCUT2D eigenvalue weighted by molar-refractivity contribution is 0.103. The fourth-order valence-corrected chi connectivity index (χ4v) is 1.76. The second-order valence-electron chi connectivity index (χ2n) is 3.28. The minimum absolute atomic E-state index is 0.212. The molecule has 0 aliphatic heterocycles. The van der Waals surface area contributed by atoms with Crippen molar-refractivity contribution in [3.63, 3.8) is 0 Å². The first-order valence-electron chi connectivity index (χ1n) is 4.86. The van der Waals surface area contributed by atoms with E-state index in [9.17, 15) is 4.79 Å². The lowest BCUT2D eigenvalue weighted by atomic mass is 10.1. The molecule has 0 saturated carbocycles. The smallest absolute Gasteiger partial charge is 0.216 e. The van der Waals surface area contributed by atoms with Gasteiger partial charge >= 0.3 is 0 Å². The third-order valence-electron chi connectivity index (χ3n) is 2.17. The van der Waals surface area contributed by atoms with Gasteiger partial charge in [0.2, 0.25) is 5.78 Å². The van der Waals surface area contributed by atoms with Crippen LogP contribution in [-0.4, -0.2) is 22.9 Å². The van der Waals surface area contributed by atoms with Crippen LogP contribution in [0.15, 0.2) is 41.3 Å².